The van der Waals surface area contributed by atoms with Crippen LogP contribution in [-0.2, 0) is 11.3 Å². The molecule has 2 fully saturated rings. The zero-order valence-corrected chi connectivity index (χ0v) is 13.1. The lowest BCUT2D eigenvalue weighted by Gasteiger charge is -2.35. The number of anilines is 1. The van der Waals surface area contributed by atoms with E-state index in [4.69, 9.17) is 24.3 Å². The zero-order chi connectivity index (χ0) is 14.7. The summed E-state index contributed by atoms with van der Waals surface area (Å²) >= 11 is 6.47. The Balaban J connectivity index is 1.76. The summed E-state index contributed by atoms with van der Waals surface area (Å²) in [5, 5.41) is 0.840. The van der Waals surface area contributed by atoms with E-state index < -0.39 is 0 Å². The molecule has 4 nitrogen and oxygen atoms in total. The van der Waals surface area contributed by atoms with E-state index in [1.54, 1.807) is 0 Å². The van der Waals surface area contributed by atoms with Crippen molar-refractivity contribution in [2.45, 2.75) is 6.54 Å². The van der Waals surface area contributed by atoms with Gasteiger partial charge in [-0.25, -0.2) is 0 Å². The average Bonchev–Trinajstić information content (AvgIpc) is 2.51. The minimum absolute atomic E-state index is 0.774. The van der Waals surface area contributed by atoms with E-state index in [1.807, 2.05) is 16.9 Å². The van der Waals surface area contributed by atoms with Crippen LogP contribution in [0, 0.1) is 0 Å². The van der Waals surface area contributed by atoms with Crippen LogP contribution < -0.4 is 4.90 Å². The Hall–Kier alpha value is -0.745. The number of halogens is 1. The first-order valence-corrected chi connectivity index (χ1v) is 7.94. The van der Waals surface area contributed by atoms with Crippen molar-refractivity contribution < 1.29 is 4.74 Å². The Kier molecular flexibility index (Phi) is 5.06. The fourth-order valence-corrected chi connectivity index (χ4v) is 3.30. The van der Waals surface area contributed by atoms with Gasteiger partial charge in [0.25, 0.3) is 0 Å². The van der Waals surface area contributed by atoms with Gasteiger partial charge < -0.3 is 14.4 Å². The van der Waals surface area contributed by atoms with Gasteiger partial charge in [0, 0.05) is 32.7 Å². The maximum Gasteiger partial charge on any atom is 0.182 e. The summed E-state index contributed by atoms with van der Waals surface area (Å²) in [6, 6.07) is 6.21. The fourth-order valence-electron chi connectivity index (χ4n) is 2.99. The number of rotatable bonds is 3. The lowest BCUT2D eigenvalue weighted by molar-refractivity contribution is 0.122. The maximum absolute atomic E-state index is 6.47. The van der Waals surface area contributed by atoms with Gasteiger partial charge in [0.05, 0.1) is 23.9 Å². The van der Waals surface area contributed by atoms with E-state index in [-0.39, 0.29) is 0 Å². The summed E-state index contributed by atoms with van der Waals surface area (Å²) < 4.78 is 5.45. The number of benzene rings is 1. The number of nitrogens with zero attached hydrogens (tertiary/aromatic N) is 3. The highest BCUT2D eigenvalue weighted by atomic mass is 35.5. The Labute approximate surface area is 133 Å². The Bertz CT molecular complexity index is 474. The van der Waals surface area contributed by atoms with E-state index >= 15 is 0 Å². The van der Waals surface area contributed by atoms with E-state index in [0.29, 0.717) is 0 Å². The molecule has 2 saturated heterocycles. The topological polar surface area (TPSA) is 19.0 Å². The van der Waals surface area contributed by atoms with Gasteiger partial charge in [0.2, 0.25) is 0 Å². The molecule has 3 rings (SSSR count). The third kappa shape index (κ3) is 3.72. The number of piperazine rings is 1. The molecule has 2 radical (unpaired) electrons. The van der Waals surface area contributed by atoms with Crippen molar-refractivity contribution in [2.75, 3.05) is 57.4 Å². The van der Waals surface area contributed by atoms with Gasteiger partial charge in [-0.05, 0) is 24.7 Å². The molecule has 0 spiro atoms. The molecule has 6 heteroatoms. The van der Waals surface area contributed by atoms with Crippen LogP contribution in [-0.4, -0.2) is 70.2 Å². The van der Waals surface area contributed by atoms with Crippen LogP contribution in [0.15, 0.2) is 18.2 Å². The first-order valence-electron chi connectivity index (χ1n) is 7.56. The zero-order valence-electron chi connectivity index (χ0n) is 12.3. The largest absolute Gasteiger partial charge is 0.378 e. The highest BCUT2D eigenvalue weighted by molar-refractivity contribution is 6.33. The van der Waals surface area contributed by atoms with Crippen molar-refractivity contribution >= 4 is 25.3 Å². The van der Waals surface area contributed by atoms with Crippen molar-refractivity contribution in [1.29, 1.82) is 0 Å². The van der Waals surface area contributed by atoms with Gasteiger partial charge in [0.15, 0.2) is 7.98 Å². The predicted octanol–water partition coefficient (Wildman–Crippen LogP) is 1.38. The molecule has 2 aliphatic heterocycles. The van der Waals surface area contributed by atoms with Gasteiger partial charge >= 0.3 is 0 Å². The van der Waals surface area contributed by atoms with E-state index in [1.165, 1.54) is 11.3 Å². The SMILES string of the molecule is [B]N1CCN(Cc2cccc(Cl)c2N2CCOCC2)CC1. The van der Waals surface area contributed by atoms with E-state index in [9.17, 15) is 0 Å². The molecule has 2 heterocycles. The second-order valence-electron chi connectivity index (χ2n) is 5.66. The van der Waals surface area contributed by atoms with Crippen molar-refractivity contribution in [3.05, 3.63) is 28.8 Å². The molecular weight excluding hydrogens is 284 g/mol. The van der Waals surface area contributed by atoms with Crippen LogP contribution in [0.5, 0.6) is 0 Å². The highest BCUT2D eigenvalue weighted by Crippen LogP contribution is 2.31. The summed E-state index contributed by atoms with van der Waals surface area (Å²) in [5.74, 6) is 0. The smallest absolute Gasteiger partial charge is 0.182 e. The molecule has 1 aromatic rings. The maximum atomic E-state index is 6.47. The Morgan fingerprint density at radius 2 is 1.76 bits per heavy atom. The standard InChI is InChI=1S/C15H21BClN3O/c16-20-6-4-18(5-7-20)12-13-2-1-3-14(17)15(13)19-8-10-21-11-9-19/h1-3H,4-12H2. The molecule has 0 saturated carbocycles. The first-order chi connectivity index (χ1) is 10.2. The summed E-state index contributed by atoms with van der Waals surface area (Å²) in [7, 11) is 5.82. The molecule has 0 N–H and O–H groups in total. The quantitative estimate of drug-likeness (QED) is 0.785. The summed E-state index contributed by atoms with van der Waals surface area (Å²) in [6.45, 7) is 8.16. The van der Waals surface area contributed by atoms with Gasteiger partial charge in [0.1, 0.15) is 0 Å². The lowest BCUT2D eigenvalue weighted by Crippen LogP contribution is -2.45. The van der Waals surface area contributed by atoms with Gasteiger partial charge in [-0.3, -0.25) is 4.90 Å². The molecule has 2 aliphatic rings. The molecule has 0 aromatic heterocycles. The molecule has 21 heavy (non-hydrogen) atoms. The van der Waals surface area contributed by atoms with Crippen molar-refractivity contribution in [1.82, 2.24) is 9.71 Å². The van der Waals surface area contributed by atoms with Crippen LogP contribution in [0.4, 0.5) is 5.69 Å². The molecule has 0 bridgehead atoms. The summed E-state index contributed by atoms with van der Waals surface area (Å²) in [4.78, 5) is 6.68. The first kappa shape index (κ1) is 15.2. The minimum Gasteiger partial charge on any atom is -0.378 e. The highest BCUT2D eigenvalue weighted by Gasteiger charge is 2.20. The third-order valence-corrected chi connectivity index (χ3v) is 4.50. The molecule has 0 amide bonds. The van der Waals surface area contributed by atoms with Crippen LogP contribution in [0.2, 0.25) is 5.02 Å². The molecule has 0 atom stereocenters. The van der Waals surface area contributed by atoms with E-state index in [0.717, 1.165) is 64.0 Å². The van der Waals surface area contributed by atoms with Gasteiger partial charge in [-0.2, -0.15) is 0 Å². The van der Waals surface area contributed by atoms with Crippen LogP contribution >= 0.6 is 11.6 Å². The third-order valence-electron chi connectivity index (χ3n) is 4.20. The van der Waals surface area contributed by atoms with Crippen molar-refractivity contribution in [3.8, 4) is 0 Å². The fraction of sp³-hybridized carbons (Fsp3) is 0.600. The Morgan fingerprint density at radius 3 is 2.48 bits per heavy atom. The summed E-state index contributed by atoms with van der Waals surface area (Å²) in [5.41, 5.74) is 2.48. The molecule has 112 valence electrons. The molecular formula is C15H21BClN3O. The van der Waals surface area contributed by atoms with Crippen molar-refractivity contribution in [3.63, 3.8) is 0 Å². The number of para-hydroxylation sites is 1. The van der Waals surface area contributed by atoms with Gasteiger partial charge in [-0.15, -0.1) is 0 Å². The number of hydrogen-bond acceptors (Lipinski definition) is 4. The number of morpholine rings is 1. The second-order valence-corrected chi connectivity index (χ2v) is 6.07. The Morgan fingerprint density at radius 1 is 1.05 bits per heavy atom. The average molecular weight is 306 g/mol. The molecule has 1 aromatic carbocycles. The second kappa shape index (κ2) is 7.01. The number of hydrogen-bond donors (Lipinski definition) is 0. The van der Waals surface area contributed by atoms with Crippen LogP contribution in [0.1, 0.15) is 5.56 Å². The van der Waals surface area contributed by atoms with Crippen LogP contribution in [0.25, 0.3) is 0 Å². The van der Waals surface area contributed by atoms with Crippen LogP contribution in [0.3, 0.4) is 0 Å². The van der Waals surface area contributed by atoms with E-state index in [2.05, 4.69) is 15.9 Å². The predicted molar refractivity (Wildman–Crippen MR) is 87.1 cm³/mol. The van der Waals surface area contributed by atoms with Crippen molar-refractivity contribution in [2.24, 2.45) is 0 Å². The van der Waals surface area contributed by atoms with Gasteiger partial charge in [-0.1, -0.05) is 23.7 Å². The summed E-state index contributed by atoms with van der Waals surface area (Å²) in [6.07, 6.45) is 0. The monoisotopic (exact) mass is 305 g/mol. The molecule has 0 unspecified atom stereocenters. The lowest BCUT2D eigenvalue weighted by atomic mass is 10.1. The molecule has 0 aliphatic carbocycles. The minimum atomic E-state index is 0.774. The normalized spacial score (nSPS) is 21.7. The number of ether oxygens (including phenoxy) is 1.